The zero-order valence-corrected chi connectivity index (χ0v) is 12.9. The smallest absolute Gasteiger partial charge is 0.151 e. The summed E-state index contributed by atoms with van der Waals surface area (Å²) in [5.74, 6) is -0.179. The zero-order chi connectivity index (χ0) is 14.8. The number of phenols is 1. The fraction of sp³-hybridized carbons (Fsp3) is 0.267. The molecule has 0 aliphatic rings. The molecule has 21 heavy (non-hydrogen) atoms. The molecule has 3 rings (SSSR count). The molecule has 2 aromatic heterocycles. The van der Waals surface area contributed by atoms with Gasteiger partial charge in [-0.25, -0.2) is 4.39 Å². The van der Waals surface area contributed by atoms with Crippen LogP contribution in [0.4, 0.5) is 4.39 Å². The van der Waals surface area contributed by atoms with Crippen LogP contribution in [0.5, 0.6) is 5.75 Å². The van der Waals surface area contributed by atoms with Crippen molar-refractivity contribution in [2.75, 3.05) is 0 Å². The van der Waals surface area contributed by atoms with Gasteiger partial charge in [-0.15, -0.1) is 0 Å². The maximum Gasteiger partial charge on any atom is 0.151 e. The highest BCUT2D eigenvalue weighted by molar-refractivity contribution is 9.10. The summed E-state index contributed by atoms with van der Waals surface area (Å²) in [5.41, 5.74) is 1.02. The number of fused-ring (bicyclic) bond motifs is 1. The van der Waals surface area contributed by atoms with Crippen molar-refractivity contribution in [1.29, 1.82) is 0 Å². The predicted octanol–water partition coefficient (Wildman–Crippen LogP) is 3.99. The number of benzene rings is 1. The van der Waals surface area contributed by atoms with Crippen LogP contribution in [-0.4, -0.2) is 19.9 Å². The molecule has 0 aliphatic carbocycles. The fourth-order valence-electron chi connectivity index (χ4n) is 2.43. The Kier molecular flexibility index (Phi) is 3.96. The number of H-pyrrole nitrogens is 1. The Balaban J connectivity index is 1.63. The summed E-state index contributed by atoms with van der Waals surface area (Å²) in [4.78, 5) is 2.98. The van der Waals surface area contributed by atoms with E-state index in [1.807, 2.05) is 10.9 Å². The van der Waals surface area contributed by atoms with Gasteiger partial charge in [-0.05, 0) is 47.3 Å². The van der Waals surface area contributed by atoms with Crippen LogP contribution in [0.15, 0.2) is 35.1 Å². The van der Waals surface area contributed by atoms with E-state index in [4.69, 9.17) is 0 Å². The van der Waals surface area contributed by atoms with Gasteiger partial charge in [0.1, 0.15) is 5.75 Å². The number of unbranched alkanes of at least 4 members (excludes halogenated alkanes) is 1. The van der Waals surface area contributed by atoms with Crippen LogP contribution in [0.25, 0.3) is 10.9 Å². The largest absolute Gasteiger partial charge is 0.506 e. The third kappa shape index (κ3) is 2.95. The van der Waals surface area contributed by atoms with E-state index in [1.54, 1.807) is 24.4 Å². The quantitative estimate of drug-likeness (QED) is 0.682. The molecular formula is C15H15BrFN3O. The molecule has 0 fully saturated rings. The summed E-state index contributed by atoms with van der Waals surface area (Å²) in [7, 11) is 0. The number of nitrogens with one attached hydrogen (secondary N) is 1. The average molecular weight is 352 g/mol. The van der Waals surface area contributed by atoms with Crippen LogP contribution in [0, 0.1) is 5.82 Å². The first-order valence-corrected chi connectivity index (χ1v) is 7.60. The molecule has 2 heterocycles. The average Bonchev–Trinajstić information content (AvgIpc) is 3.01. The van der Waals surface area contributed by atoms with Crippen LogP contribution in [0.2, 0.25) is 0 Å². The monoisotopic (exact) mass is 351 g/mol. The highest BCUT2D eigenvalue weighted by Gasteiger charge is 2.12. The van der Waals surface area contributed by atoms with Crippen molar-refractivity contribution < 1.29 is 9.50 Å². The second-order valence-electron chi connectivity index (χ2n) is 5.00. The van der Waals surface area contributed by atoms with Crippen LogP contribution in [-0.2, 0) is 13.0 Å². The van der Waals surface area contributed by atoms with Crippen molar-refractivity contribution in [1.82, 2.24) is 14.8 Å². The molecule has 3 aromatic rings. The van der Waals surface area contributed by atoms with E-state index < -0.39 is 0 Å². The lowest BCUT2D eigenvalue weighted by Crippen LogP contribution is -1.99. The molecule has 0 bridgehead atoms. The fourth-order valence-corrected chi connectivity index (χ4v) is 2.76. The van der Waals surface area contributed by atoms with Gasteiger partial charge in [0.25, 0.3) is 0 Å². The van der Waals surface area contributed by atoms with E-state index >= 15 is 0 Å². The van der Waals surface area contributed by atoms with Gasteiger partial charge < -0.3 is 10.1 Å². The van der Waals surface area contributed by atoms with Gasteiger partial charge in [0.05, 0.1) is 21.9 Å². The first kappa shape index (κ1) is 14.1. The first-order chi connectivity index (χ1) is 10.1. The molecule has 6 heteroatoms. The van der Waals surface area contributed by atoms with Gasteiger partial charge in [-0.2, -0.15) is 5.10 Å². The SMILES string of the molecule is Oc1cccc2c(F)c(CCCCn3cc(Br)cn3)[nH]c12. The van der Waals surface area contributed by atoms with Crippen molar-refractivity contribution in [2.45, 2.75) is 25.8 Å². The van der Waals surface area contributed by atoms with Crippen molar-refractivity contribution in [2.24, 2.45) is 0 Å². The van der Waals surface area contributed by atoms with Gasteiger partial charge >= 0.3 is 0 Å². The summed E-state index contributed by atoms with van der Waals surface area (Å²) in [6.45, 7) is 0.804. The Morgan fingerprint density at radius 1 is 1.33 bits per heavy atom. The maximum absolute atomic E-state index is 14.2. The second kappa shape index (κ2) is 5.89. The molecule has 4 nitrogen and oxygen atoms in total. The molecule has 0 radical (unpaired) electrons. The van der Waals surface area contributed by atoms with E-state index in [-0.39, 0.29) is 11.6 Å². The van der Waals surface area contributed by atoms with E-state index in [1.165, 1.54) is 0 Å². The minimum atomic E-state index is -0.261. The van der Waals surface area contributed by atoms with Crippen molar-refractivity contribution >= 4 is 26.8 Å². The molecule has 0 saturated heterocycles. The number of para-hydroxylation sites is 1. The van der Waals surface area contributed by atoms with Crippen LogP contribution >= 0.6 is 15.9 Å². The number of nitrogens with zero attached hydrogens (tertiary/aromatic N) is 2. The molecular weight excluding hydrogens is 337 g/mol. The standard InChI is InChI=1S/C15H15BrFN3O/c16-10-8-18-20(9-10)7-2-1-5-12-14(17)11-4-3-6-13(21)15(11)19-12/h3-4,6,8-9,19,21H,1-2,5,7H2. The normalized spacial score (nSPS) is 11.3. The van der Waals surface area contributed by atoms with Gasteiger partial charge in [-0.1, -0.05) is 6.07 Å². The van der Waals surface area contributed by atoms with Gasteiger partial charge in [0.15, 0.2) is 5.82 Å². The maximum atomic E-state index is 14.2. The predicted molar refractivity (Wildman–Crippen MR) is 82.8 cm³/mol. The highest BCUT2D eigenvalue weighted by Crippen LogP contribution is 2.28. The molecule has 2 N–H and O–H groups in total. The number of hydrogen-bond acceptors (Lipinski definition) is 2. The first-order valence-electron chi connectivity index (χ1n) is 6.81. The summed E-state index contributed by atoms with van der Waals surface area (Å²) >= 11 is 3.35. The number of halogens is 2. The molecule has 0 unspecified atom stereocenters. The van der Waals surface area contributed by atoms with Crippen molar-refractivity contribution in [3.63, 3.8) is 0 Å². The number of hydrogen-bond donors (Lipinski definition) is 2. The summed E-state index contributed by atoms with van der Waals surface area (Å²) in [6.07, 6.45) is 6.04. The molecule has 110 valence electrons. The lowest BCUT2D eigenvalue weighted by atomic mass is 10.1. The van der Waals surface area contributed by atoms with Gasteiger partial charge in [0, 0.05) is 18.1 Å². The Labute approximate surface area is 129 Å². The van der Waals surface area contributed by atoms with Gasteiger partial charge in [-0.3, -0.25) is 4.68 Å². The molecule has 0 atom stereocenters. The highest BCUT2D eigenvalue weighted by atomic mass is 79.9. The number of aryl methyl sites for hydroxylation is 2. The van der Waals surface area contributed by atoms with Crippen molar-refractivity contribution in [3.05, 3.63) is 46.6 Å². The van der Waals surface area contributed by atoms with E-state index in [2.05, 4.69) is 26.0 Å². The van der Waals surface area contributed by atoms with Crippen LogP contribution < -0.4 is 0 Å². The topological polar surface area (TPSA) is 53.8 Å². The lowest BCUT2D eigenvalue weighted by Gasteiger charge is -2.01. The summed E-state index contributed by atoms with van der Waals surface area (Å²) in [6, 6.07) is 4.87. The number of rotatable bonds is 5. The van der Waals surface area contributed by atoms with Crippen LogP contribution in [0.1, 0.15) is 18.5 Å². The number of aromatic hydroxyl groups is 1. The molecule has 0 spiro atoms. The van der Waals surface area contributed by atoms with E-state index in [0.717, 1.165) is 23.9 Å². The van der Waals surface area contributed by atoms with E-state index in [9.17, 15) is 9.50 Å². The second-order valence-corrected chi connectivity index (χ2v) is 5.91. The summed E-state index contributed by atoms with van der Waals surface area (Å²) in [5, 5.41) is 14.3. The molecule has 0 amide bonds. The number of aromatic amines is 1. The van der Waals surface area contributed by atoms with Crippen LogP contribution in [0.3, 0.4) is 0 Å². The Hall–Kier alpha value is -1.82. The minimum Gasteiger partial charge on any atom is -0.506 e. The zero-order valence-electron chi connectivity index (χ0n) is 11.3. The number of phenolic OH excluding ortho intramolecular Hbond substituents is 1. The Morgan fingerprint density at radius 2 is 2.19 bits per heavy atom. The Bertz CT molecular complexity index is 765. The molecule has 0 saturated carbocycles. The third-order valence-electron chi connectivity index (χ3n) is 3.49. The third-order valence-corrected chi connectivity index (χ3v) is 3.89. The summed E-state index contributed by atoms with van der Waals surface area (Å²) < 4.78 is 17.0. The van der Waals surface area contributed by atoms with Gasteiger partial charge in [0.2, 0.25) is 0 Å². The van der Waals surface area contributed by atoms with Crippen molar-refractivity contribution in [3.8, 4) is 5.75 Å². The van der Waals surface area contributed by atoms with E-state index in [0.29, 0.717) is 23.0 Å². The Morgan fingerprint density at radius 3 is 2.90 bits per heavy atom. The lowest BCUT2D eigenvalue weighted by molar-refractivity contribution is 0.480. The number of aromatic nitrogens is 3. The molecule has 1 aromatic carbocycles. The molecule has 0 aliphatic heterocycles. The minimum absolute atomic E-state index is 0.0824.